The van der Waals surface area contributed by atoms with Gasteiger partial charge in [-0.1, -0.05) is 6.07 Å². The number of halogens is 3. The van der Waals surface area contributed by atoms with Crippen molar-refractivity contribution in [2.24, 2.45) is 5.73 Å². The van der Waals surface area contributed by atoms with Crippen molar-refractivity contribution in [1.29, 1.82) is 0 Å². The lowest BCUT2D eigenvalue weighted by Crippen LogP contribution is -2.43. The Labute approximate surface area is 119 Å². The Bertz CT molecular complexity index is 514. The average Bonchev–Trinajstić information content (AvgIpc) is 2.40. The summed E-state index contributed by atoms with van der Waals surface area (Å²) >= 11 is 0. The molecule has 1 aromatic carbocycles. The van der Waals surface area contributed by atoms with Gasteiger partial charge in [-0.3, -0.25) is 9.69 Å². The minimum atomic E-state index is -4.80. The van der Waals surface area contributed by atoms with E-state index in [1.54, 1.807) is 0 Å². The first kappa shape index (κ1) is 15.6. The third kappa shape index (κ3) is 4.61. The van der Waals surface area contributed by atoms with Crippen molar-refractivity contribution in [3.63, 3.8) is 0 Å². The Balaban J connectivity index is 2.18. The van der Waals surface area contributed by atoms with E-state index in [2.05, 4.69) is 15.0 Å². The number of primary amides is 1. The van der Waals surface area contributed by atoms with Crippen LogP contribution in [0.1, 0.15) is 15.9 Å². The van der Waals surface area contributed by atoms with E-state index in [1.807, 2.05) is 0 Å². The number of nitrogens with one attached hydrogen (secondary N) is 1. The van der Waals surface area contributed by atoms with Crippen molar-refractivity contribution in [3.05, 3.63) is 29.3 Å². The molecular weight excluding hydrogens is 287 g/mol. The molecule has 116 valence electrons. The summed E-state index contributed by atoms with van der Waals surface area (Å²) in [5, 5.41) is 3.19. The third-order valence-electron chi connectivity index (χ3n) is 3.18. The monoisotopic (exact) mass is 303 g/mol. The summed E-state index contributed by atoms with van der Waals surface area (Å²) in [7, 11) is 0. The Morgan fingerprint density at radius 1 is 1.33 bits per heavy atom. The topological polar surface area (TPSA) is 67.6 Å². The molecule has 1 saturated heterocycles. The summed E-state index contributed by atoms with van der Waals surface area (Å²) in [6, 6.07) is 3.67. The van der Waals surface area contributed by atoms with Gasteiger partial charge < -0.3 is 15.8 Å². The van der Waals surface area contributed by atoms with E-state index in [0.717, 1.165) is 32.2 Å². The number of hydrogen-bond acceptors (Lipinski definition) is 4. The highest BCUT2D eigenvalue weighted by Gasteiger charge is 2.31. The summed E-state index contributed by atoms with van der Waals surface area (Å²) in [6.45, 7) is 3.74. The lowest BCUT2D eigenvalue weighted by atomic mass is 10.1. The van der Waals surface area contributed by atoms with Gasteiger partial charge in [0.1, 0.15) is 5.75 Å². The molecule has 1 heterocycles. The average molecular weight is 303 g/mol. The number of carbonyl (C=O) groups is 1. The molecule has 5 nitrogen and oxygen atoms in total. The zero-order valence-electron chi connectivity index (χ0n) is 11.2. The molecule has 1 aromatic rings. The van der Waals surface area contributed by atoms with E-state index in [1.165, 1.54) is 12.1 Å². The van der Waals surface area contributed by atoms with Gasteiger partial charge in [0.05, 0.1) is 0 Å². The lowest BCUT2D eigenvalue weighted by Gasteiger charge is -2.27. The molecule has 0 atom stereocenters. The molecule has 21 heavy (non-hydrogen) atoms. The van der Waals surface area contributed by atoms with E-state index in [-0.39, 0.29) is 5.56 Å². The van der Waals surface area contributed by atoms with Crippen molar-refractivity contribution in [2.75, 3.05) is 26.2 Å². The SMILES string of the molecule is NC(=O)c1cc(OC(F)(F)F)ccc1CN1CCNCC1. The van der Waals surface area contributed by atoms with Crippen LogP contribution < -0.4 is 15.8 Å². The minimum Gasteiger partial charge on any atom is -0.406 e. The van der Waals surface area contributed by atoms with Crippen molar-refractivity contribution in [1.82, 2.24) is 10.2 Å². The molecule has 2 rings (SSSR count). The van der Waals surface area contributed by atoms with Crippen molar-refractivity contribution in [3.8, 4) is 5.75 Å². The molecule has 1 aliphatic rings. The molecule has 8 heteroatoms. The number of alkyl halides is 3. The number of nitrogens with two attached hydrogens (primary N) is 1. The summed E-state index contributed by atoms with van der Waals surface area (Å²) in [6.07, 6.45) is -4.80. The van der Waals surface area contributed by atoms with Crippen LogP contribution in [0.2, 0.25) is 0 Å². The number of rotatable bonds is 4. The highest BCUT2D eigenvalue weighted by Crippen LogP contribution is 2.25. The maximum Gasteiger partial charge on any atom is 0.573 e. The maximum absolute atomic E-state index is 12.2. The lowest BCUT2D eigenvalue weighted by molar-refractivity contribution is -0.274. The van der Waals surface area contributed by atoms with E-state index in [9.17, 15) is 18.0 Å². The van der Waals surface area contributed by atoms with Gasteiger partial charge in [-0.2, -0.15) is 0 Å². The molecule has 3 N–H and O–H groups in total. The van der Waals surface area contributed by atoms with E-state index >= 15 is 0 Å². The fourth-order valence-electron chi connectivity index (χ4n) is 2.23. The molecule has 0 saturated carbocycles. The first-order chi connectivity index (χ1) is 9.85. The Hall–Kier alpha value is -1.80. The van der Waals surface area contributed by atoms with Crippen LogP contribution in [0.25, 0.3) is 0 Å². The fraction of sp³-hybridized carbons (Fsp3) is 0.462. The molecule has 1 amide bonds. The Kier molecular flexibility index (Phi) is 4.69. The van der Waals surface area contributed by atoms with Crippen molar-refractivity contribution >= 4 is 5.91 Å². The molecule has 1 fully saturated rings. The Morgan fingerprint density at radius 2 is 2.00 bits per heavy atom. The fourth-order valence-corrected chi connectivity index (χ4v) is 2.23. The predicted molar refractivity (Wildman–Crippen MR) is 69.8 cm³/mol. The van der Waals surface area contributed by atoms with E-state index in [4.69, 9.17) is 5.73 Å². The number of benzene rings is 1. The van der Waals surface area contributed by atoms with Gasteiger partial charge in [0.15, 0.2) is 0 Å². The van der Waals surface area contributed by atoms with Gasteiger partial charge >= 0.3 is 6.36 Å². The summed E-state index contributed by atoms with van der Waals surface area (Å²) in [4.78, 5) is 13.5. The molecule has 0 bridgehead atoms. The van der Waals surface area contributed by atoms with Crippen LogP contribution in [-0.2, 0) is 6.54 Å². The number of ether oxygens (including phenoxy) is 1. The second-order valence-corrected chi connectivity index (χ2v) is 4.76. The van der Waals surface area contributed by atoms with Gasteiger partial charge in [0.25, 0.3) is 0 Å². The smallest absolute Gasteiger partial charge is 0.406 e. The van der Waals surface area contributed by atoms with Gasteiger partial charge in [0.2, 0.25) is 5.91 Å². The second kappa shape index (κ2) is 6.31. The number of nitrogens with zero attached hydrogens (tertiary/aromatic N) is 1. The number of carbonyl (C=O) groups excluding carboxylic acids is 1. The molecule has 0 aromatic heterocycles. The van der Waals surface area contributed by atoms with Crippen LogP contribution in [0.5, 0.6) is 5.75 Å². The zero-order chi connectivity index (χ0) is 15.5. The second-order valence-electron chi connectivity index (χ2n) is 4.76. The maximum atomic E-state index is 12.2. The number of hydrogen-bond donors (Lipinski definition) is 2. The highest BCUT2D eigenvalue weighted by atomic mass is 19.4. The first-order valence-electron chi connectivity index (χ1n) is 6.47. The third-order valence-corrected chi connectivity index (χ3v) is 3.18. The van der Waals surface area contributed by atoms with Crippen LogP contribution in [0.15, 0.2) is 18.2 Å². The van der Waals surface area contributed by atoms with E-state index in [0.29, 0.717) is 12.1 Å². The molecular formula is C13H16F3N3O2. The van der Waals surface area contributed by atoms with Crippen LogP contribution in [0, 0.1) is 0 Å². The molecule has 0 radical (unpaired) electrons. The summed E-state index contributed by atoms with van der Waals surface area (Å²) in [5.41, 5.74) is 5.89. The van der Waals surface area contributed by atoms with Gasteiger partial charge in [-0.25, -0.2) is 0 Å². The van der Waals surface area contributed by atoms with Gasteiger partial charge in [-0.05, 0) is 17.7 Å². The predicted octanol–water partition coefficient (Wildman–Crippen LogP) is 1.09. The zero-order valence-corrected chi connectivity index (χ0v) is 11.2. The summed E-state index contributed by atoms with van der Waals surface area (Å²) in [5.74, 6) is -1.21. The standard InChI is InChI=1S/C13H16F3N3O2/c14-13(15,16)21-10-2-1-9(11(7-10)12(17)20)8-19-5-3-18-4-6-19/h1-2,7,18H,3-6,8H2,(H2,17,20). The molecule has 1 aliphatic heterocycles. The molecule has 0 unspecified atom stereocenters. The normalized spacial score (nSPS) is 16.7. The van der Waals surface area contributed by atoms with Crippen molar-refractivity contribution < 1.29 is 22.7 Å². The minimum absolute atomic E-state index is 0.0512. The number of piperazine rings is 1. The van der Waals surface area contributed by atoms with Crippen LogP contribution in [0.4, 0.5) is 13.2 Å². The van der Waals surface area contributed by atoms with Crippen LogP contribution in [0.3, 0.4) is 0 Å². The van der Waals surface area contributed by atoms with Gasteiger partial charge in [-0.15, -0.1) is 13.2 Å². The van der Waals surface area contributed by atoms with Crippen molar-refractivity contribution in [2.45, 2.75) is 12.9 Å². The summed E-state index contributed by atoms with van der Waals surface area (Å²) < 4.78 is 40.4. The van der Waals surface area contributed by atoms with Crippen LogP contribution >= 0.6 is 0 Å². The molecule has 0 aliphatic carbocycles. The highest BCUT2D eigenvalue weighted by molar-refractivity contribution is 5.94. The quantitative estimate of drug-likeness (QED) is 0.874. The first-order valence-corrected chi connectivity index (χ1v) is 6.47. The van der Waals surface area contributed by atoms with Crippen LogP contribution in [-0.4, -0.2) is 43.3 Å². The largest absolute Gasteiger partial charge is 0.573 e. The number of amides is 1. The molecule has 0 spiro atoms. The van der Waals surface area contributed by atoms with Gasteiger partial charge in [0, 0.05) is 38.3 Å². The Morgan fingerprint density at radius 3 is 2.57 bits per heavy atom. The van der Waals surface area contributed by atoms with E-state index < -0.39 is 18.0 Å².